The van der Waals surface area contributed by atoms with E-state index in [9.17, 15) is 4.79 Å². The molecule has 0 saturated heterocycles. The highest BCUT2D eigenvalue weighted by Gasteiger charge is 2.15. The van der Waals surface area contributed by atoms with E-state index in [1.807, 2.05) is 48.1 Å². The lowest BCUT2D eigenvalue weighted by atomic mass is 10.2. The Morgan fingerprint density at radius 3 is 2.77 bits per heavy atom. The molecule has 0 spiro atoms. The van der Waals surface area contributed by atoms with Gasteiger partial charge < -0.3 is 10.7 Å². The topological polar surface area (TPSA) is 107 Å². The van der Waals surface area contributed by atoms with Gasteiger partial charge in [0.15, 0.2) is 11.2 Å². The minimum Gasteiger partial charge on any atom is -0.369 e. The first kappa shape index (κ1) is 16.1. The summed E-state index contributed by atoms with van der Waals surface area (Å²) < 4.78 is 3.29. The van der Waals surface area contributed by atoms with Crippen molar-refractivity contribution in [3.05, 3.63) is 58.6 Å². The summed E-state index contributed by atoms with van der Waals surface area (Å²) in [6, 6.07) is 10.1. The molecule has 8 heteroatoms. The molecule has 3 aromatic heterocycles. The van der Waals surface area contributed by atoms with E-state index < -0.39 is 0 Å². The summed E-state index contributed by atoms with van der Waals surface area (Å²) in [5.74, 6) is 0.736. The van der Waals surface area contributed by atoms with E-state index in [2.05, 4.69) is 20.1 Å². The van der Waals surface area contributed by atoms with Crippen molar-refractivity contribution in [2.75, 3.05) is 5.73 Å². The molecule has 0 atom stereocenters. The zero-order valence-electron chi connectivity index (χ0n) is 14.4. The van der Waals surface area contributed by atoms with Crippen molar-refractivity contribution in [1.82, 2.24) is 29.3 Å². The van der Waals surface area contributed by atoms with Crippen LogP contribution in [-0.2, 0) is 13.1 Å². The van der Waals surface area contributed by atoms with Crippen molar-refractivity contribution in [2.24, 2.45) is 0 Å². The molecular formula is C18H19N7O. The lowest BCUT2D eigenvalue weighted by molar-refractivity contribution is 0.658. The van der Waals surface area contributed by atoms with E-state index in [4.69, 9.17) is 5.73 Å². The van der Waals surface area contributed by atoms with Gasteiger partial charge in [0, 0.05) is 12.7 Å². The molecule has 3 N–H and O–H groups in total. The Labute approximate surface area is 149 Å². The molecular weight excluding hydrogens is 330 g/mol. The zero-order valence-corrected chi connectivity index (χ0v) is 14.4. The Balaban J connectivity index is 1.69. The summed E-state index contributed by atoms with van der Waals surface area (Å²) in [6.07, 6.45) is 4.40. The van der Waals surface area contributed by atoms with Crippen LogP contribution < -0.4 is 11.3 Å². The highest BCUT2D eigenvalue weighted by molar-refractivity contribution is 5.75. The van der Waals surface area contributed by atoms with Crippen LogP contribution in [0.25, 0.3) is 22.6 Å². The molecule has 0 bridgehead atoms. The molecule has 4 aromatic rings. The van der Waals surface area contributed by atoms with Gasteiger partial charge in [0.1, 0.15) is 5.82 Å². The van der Waals surface area contributed by atoms with E-state index >= 15 is 0 Å². The van der Waals surface area contributed by atoms with Crippen LogP contribution in [0.2, 0.25) is 0 Å². The largest absolute Gasteiger partial charge is 0.369 e. The number of hydrogen-bond acceptors (Lipinski definition) is 5. The number of imidazole rings is 1. The van der Waals surface area contributed by atoms with Crippen LogP contribution in [0.15, 0.2) is 47.5 Å². The number of anilines is 1. The molecule has 132 valence electrons. The third-order valence-corrected chi connectivity index (χ3v) is 4.18. The van der Waals surface area contributed by atoms with Crippen LogP contribution in [-0.4, -0.2) is 29.3 Å². The lowest BCUT2D eigenvalue weighted by Crippen LogP contribution is -2.24. The Bertz CT molecular complexity index is 1110. The van der Waals surface area contributed by atoms with Gasteiger partial charge in [0.05, 0.1) is 18.3 Å². The number of hydrogen-bond donors (Lipinski definition) is 2. The Kier molecular flexibility index (Phi) is 4.00. The molecule has 0 aliphatic heterocycles. The van der Waals surface area contributed by atoms with Crippen LogP contribution in [0, 0.1) is 0 Å². The van der Waals surface area contributed by atoms with Gasteiger partial charge in [-0.3, -0.25) is 14.0 Å². The summed E-state index contributed by atoms with van der Waals surface area (Å²) in [4.78, 5) is 24.3. The fourth-order valence-electron chi connectivity index (χ4n) is 2.92. The second kappa shape index (κ2) is 6.47. The molecule has 26 heavy (non-hydrogen) atoms. The van der Waals surface area contributed by atoms with Crippen molar-refractivity contribution in [2.45, 2.75) is 26.4 Å². The smallest absolute Gasteiger partial charge is 0.280 e. The van der Waals surface area contributed by atoms with Gasteiger partial charge >= 0.3 is 0 Å². The highest BCUT2D eigenvalue weighted by atomic mass is 16.1. The van der Waals surface area contributed by atoms with Crippen molar-refractivity contribution < 1.29 is 0 Å². The van der Waals surface area contributed by atoms with Gasteiger partial charge in [-0.15, -0.1) is 0 Å². The molecule has 0 radical (unpaired) electrons. The molecule has 0 saturated carbocycles. The standard InChI is InChI=1S/C18H19N7O/c1-2-8-25-17(26)14-16(23-18(25)19)22-15(21-14)13-9-20-24(11-13)10-12-6-4-3-5-7-12/h3-7,9,11H,2,8,10H2,1H3,(H2,19,23)(H,21,22). The molecule has 0 aliphatic rings. The van der Waals surface area contributed by atoms with Gasteiger partial charge in [-0.2, -0.15) is 10.1 Å². The fourth-order valence-corrected chi connectivity index (χ4v) is 2.92. The normalized spacial score (nSPS) is 11.3. The van der Waals surface area contributed by atoms with Crippen molar-refractivity contribution in [3.63, 3.8) is 0 Å². The van der Waals surface area contributed by atoms with Crippen molar-refractivity contribution in [1.29, 1.82) is 0 Å². The third kappa shape index (κ3) is 2.85. The van der Waals surface area contributed by atoms with Crippen LogP contribution in [0.3, 0.4) is 0 Å². The number of nitrogens with zero attached hydrogens (tertiary/aromatic N) is 5. The van der Waals surface area contributed by atoms with Crippen molar-refractivity contribution in [3.8, 4) is 11.4 Å². The maximum absolute atomic E-state index is 12.6. The Morgan fingerprint density at radius 1 is 1.19 bits per heavy atom. The number of fused-ring (bicyclic) bond motifs is 1. The summed E-state index contributed by atoms with van der Waals surface area (Å²) in [6.45, 7) is 3.17. The zero-order chi connectivity index (χ0) is 18.1. The number of aromatic amines is 1. The fraction of sp³-hybridized carbons (Fsp3) is 0.222. The lowest BCUT2D eigenvalue weighted by Gasteiger charge is -2.05. The van der Waals surface area contributed by atoms with E-state index in [-0.39, 0.29) is 11.5 Å². The summed E-state index contributed by atoms with van der Waals surface area (Å²) in [5, 5.41) is 4.37. The number of rotatable bonds is 5. The summed E-state index contributed by atoms with van der Waals surface area (Å²) in [5.41, 5.74) is 8.32. The number of aromatic nitrogens is 6. The summed E-state index contributed by atoms with van der Waals surface area (Å²) >= 11 is 0. The number of nitrogens with two attached hydrogens (primary N) is 1. The molecule has 3 heterocycles. The second-order valence-electron chi connectivity index (χ2n) is 6.12. The predicted octanol–water partition coefficient (Wildman–Crippen LogP) is 2.02. The average Bonchev–Trinajstić information content (AvgIpc) is 3.26. The second-order valence-corrected chi connectivity index (χ2v) is 6.12. The van der Waals surface area contributed by atoms with Crippen LogP contribution in [0.5, 0.6) is 0 Å². The molecule has 8 nitrogen and oxygen atoms in total. The number of H-pyrrole nitrogens is 1. The van der Waals surface area contributed by atoms with E-state index in [0.29, 0.717) is 30.1 Å². The highest BCUT2D eigenvalue weighted by Crippen LogP contribution is 2.18. The molecule has 0 fully saturated rings. The SMILES string of the molecule is CCCn1c(N)nc2nc(-c3cnn(Cc4ccccc4)c3)[nH]c2c1=O. The van der Waals surface area contributed by atoms with Gasteiger partial charge in [0.25, 0.3) is 5.56 Å². The van der Waals surface area contributed by atoms with Gasteiger partial charge in [0.2, 0.25) is 5.95 Å². The number of nitrogens with one attached hydrogen (secondary N) is 1. The van der Waals surface area contributed by atoms with Gasteiger partial charge in [-0.05, 0) is 12.0 Å². The number of benzene rings is 1. The molecule has 0 aliphatic carbocycles. The molecule has 4 rings (SSSR count). The maximum Gasteiger partial charge on any atom is 0.280 e. The molecule has 0 amide bonds. The average molecular weight is 349 g/mol. The van der Waals surface area contributed by atoms with Crippen LogP contribution in [0.4, 0.5) is 5.95 Å². The Morgan fingerprint density at radius 2 is 2.00 bits per heavy atom. The van der Waals surface area contributed by atoms with Crippen LogP contribution >= 0.6 is 0 Å². The maximum atomic E-state index is 12.6. The van der Waals surface area contributed by atoms with Gasteiger partial charge in [-0.25, -0.2) is 4.98 Å². The number of nitrogen functional groups attached to an aromatic ring is 1. The van der Waals surface area contributed by atoms with E-state index in [0.717, 1.165) is 17.5 Å². The van der Waals surface area contributed by atoms with Crippen molar-refractivity contribution >= 4 is 17.1 Å². The predicted molar refractivity (Wildman–Crippen MR) is 99.6 cm³/mol. The van der Waals surface area contributed by atoms with E-state index in [1.165, 1.54) is 4.57 Å². The third-order valence-electron chi connectivity index (χ3n) is 4.18. The van der Waals surface area contributed by atoms with Gasteiger partial charge in [-0.1, -0.05) is 37.3 Å². The first-order valence-corrected chi connectivity index (χ1v) is 8.48. The minimum atomic E-state index is -0.204. The minimum absolute atomic E-state index is 0.183. The Hall–Kier alpha value is -3.42. The monoisotopic (exact) mass is 349 g/mol. The first-order valence-electron chi connectivity index (χ1n) is 8.48. The van der Waals surface area contributed by atoms with E-state index in [1.54, 1.807) is 6.20 Å². The quantitative estimate of drug-likeness (QED) is 0.573. The molecule has 0 unspecified atom stereocenters. The first-order chi connectivity index (χ1) is 12.7. The van der Waals surface area contributed by atoms with Crippen LogP contribution in [0.1, 0.15) is 18.9 Å². The summed E-state index contributed by atoms with van der Waals surface area (Å²) in [7, 11) is 0. The molecule has 1 aromatic carbocycles.